The van der Waals surface area contributed by atoms with Crippen molar-refractivity contribution < 1.29 is 9.53 Å². The lowest BCUT2D eigenvalue weighted by molar-refractivity contribution is 0.0827. The van der Waals surface area contributed by atoms with Gasteiger partial charge in [-0.15, -0.1) is 0 Å². The Morgan fingerprint density at radius 2 is 1.79 bits per heavy atom. The van der Waals surface area contributed by atoms with Gasteiger partial charge in [0.05, 0.1) is 13.1 Å². The van der Waals surface area contributed by atoms with E-state index in [9.17, 15) is 4.79 Å². The number of ether oxygens (including phenoxy) is 1. The van der Waals surface area contributed by atoms with E-state index in [1.165, 1.54) is 0 Å². The SMILES string of the molecule is CCNC(=NCc1ccc(C(=O)N(C)C)cc1)NCCOc1ccccc1C. The van der Waals surface area contributed by atoms with Gasteiger partial charge >= 0.3 is 0 Å². The molecule has 0 fully saturated rings. The van der Waals surface area contributed by atoms with Crippen LogP contribution in [0, 0.1) is 6.92 Å². The summed E-state index contributed by atoms with van der Waals surface area (Å²) in [6.45, 7) is 6.58. The summed E-state index contributed by atoms with van der Waals surface area (Å²) in [4.78, 5) is 18.1. The van der Waals surface area contributed by atoms with Gasteiger partial charge in [0, 0.05) is 26.2 Å². The number of nitrogens with zero attached hydrogens (tertiary/aromatic N) is 2. The van der Waals surface area contributed by atoms with E-state index < -0.39 is 0 Å². The summed E-state index contributed by atoms with van der Waals surface area (Å²) in [7, 11) is 3.50. The molecule has 6 heteroatoms. The van der Waals surface area contributed by atoms with Gasteiger partial charge in [-0.05, 0) is 43.2 Å². The van der Waals surface area contributed by atoms with E-state index in [0.717, 1.165) is 29.4 Å². The third kappa shape index (κ3) is 6.61. The summed E-state index contributed by atoms with van der Waals surface area (Å²) >= 11 is 0. The molecule has 0 spiro atoms. The zero-order valence-electron chi connectivity index (χ0n) is 17.2. The standard InChI is InChI=1S/C22H30N4O2/c1-5-23-22(24-14-15-28-20-9-7-6-8-17(20)2)25-16-18-10-12-19(13-11-18)21(27)26(3)4/h6-13H,5,14-16H2,1-4H3,(H2,23,24,25). The molecule has 0 aromatic heterocycles. The highest BCUT2D eigenvalue weighted by atomic mass is 16.5. The minimum atomic E-state index is -0.00119. The van der Waals surface area contributed by atoms with Crippen LogP contribution in [-0.4, -0.2) is 50.6 Å². The van der Waals surface area contributed by atoms with Crippen molar-refractivity contribution in [2.75, 3.05) is 33.8 Å². The van der Waals surface area contributed by atoms with Gasteiger partial charge in [-0.1, -0.05) is 30.3 Å². The minimum absolute atomic E-state index is 0.00119. The number of hydrogen-bond donors (Lipinski definition) is 2. The molecule has 0 unspecified atom stereocenters. The molecule has 0 bridgehead atoms. The fourth-order valence-electron chi connectivity index (χ4n) is 2.57. The van der Waals surface area contributed by atoms with E-state index in [-0.39, 0.29) is 5.91 Å². The van der Waals surface area contributed by atoms with Crippen LogP contribution in [0.5, 0.6) is 5.75 Å². The van der Waals surface area contributed by atoms with Crippen LogP contribution in [0.25, 0.3) is 0 Å². The number of nitrogens with one attached hydrogen (secondary N) is 2. The fraction of sp³-hybridized carbons (Fsp3) is 0.364. The van der Waals surface area contributed by atoms with Crippen molar-refractivity contribution >= 4 is 11.9 Å². The summed E-state index contributed by atoms with van der Waals surface area (Å²) < 4.78 is 5.80. The van der Waals surface area contributed by atoms with E-state index in [1.54, 1.807) is 19.0 Å². The maximum Gasteiger partial charge on any atom is 0.253 e. The van der Waals surface area contributed by atoms with Crippen LogP contribution >= 0.6 is 0 Å². The molecule has 6 nitrogen and oxygen atoms in total. The third-order valence-electron chi connectivity index (χ3n) is 4.12. The van der Waals surface area contributed by atoms with Crippen LogP contribution < -0.4 is 15.4 Å². The van der Waals surface area contributed by atoms with Crippen LogP contribution in [0.15, 0.2) is 53.5 Å². The molecule has 0 heterocycles. The molecule has 2 aromatic rings. The first-order valence-corrected chi connectivity index (χ1v) is 9.52. The number of guanidine groups is 1. The highest BCUT2D eigenvalue weighted by Gasteiger charge is 2.07. The Hall–Kier alpha value is -3.02. The van der Waals surface area contributed by atoms with Crippen molar-refractivity contribution in [3.05, 3.63) is 65.2 Å². The number of amides is 1. The van der Waals surface area contributed by atoms with Crippen LogP contribution in [-0.2, 0) is 6.54 Å². The van der Waals surface area contributed by atoms with Crippen molar-refractivity contribution in [3.8, 4) is 5.75 Å². The molecule has 0 saturated heterocycles. The van der Waals surface area contributed by atoms with Gasteiger partial charge in [-0.25, -0.2) is 4.99 Å². The smallest absolute Gasteiger partial charge is 0.253 e. The van der Waals surface area contributed by atoms with E-state index in [1.807, 2.05) is 62.4 Å². The number of carbonyl (C=O) groups is 1. The fourth-order valence-corrected chi connectivity index (χ4v) is 2.57. The molecular weight excluding hydrogens is 352 g/mol. The maximum atomic E-state index is 11.9. The Labute approximate surface area is 167 Å². The summed E-state index contributed by atoms with van der Waals surface area (Å²) in [5, 5.41) is 6.51. The molecule has 0 aliphatic rings. The lowest BCUT2D eigenvalue weighted by Gasteiger charge is -2.13. The van der Waals surface area contributed by atoms with Crippen molar-refractivity contribution in [1.82, 2.24) is 15.5 Å². The maximum absolute atomic E-state index is 11.9. The monoisotopic (exact) mass is 382 g/mol. The average molecular weight is 383 g/mol. The van der Waals surface area contributed by atoms with Crippen molar-refractivity contribution in [1.29, 1.82) is 0 Å². The Morgan fingerprint density at radius 1 is 1.07 bits per heavy atom. The number of para-hydroxylation sites is 1. The van der Waals surface area contributed by atoms with Crippen LogP contribution in [0.2, 0.25) is 0 Å². The number of benzene rings is 2. The van der Waals surface area contributed by atoms with Gasteiger partial charge in [-0.2, -0.15) is 0 Å². The van der Waals surface area contributed by atoms with Gasteiger partial charge in [0.15, 0.2) is 5.96 Å². The molecule has 0 saturated carbocycles. The van der Waals surface area contributed by atoms with Crippen LogP contribution in [0.1, 0.15) is 28.4 Å². The topological polar surface area (TPSA) is 66.0 Å². The highest BCUT2D eigenvalue weighted by molar-refractivity contribution is 5.93. The molecule has 1 amide bonds. The van der Waals surface area contributed by atoms with E-state index in [0.29, 0.717) is 25.3 Å². The summed E-state index contributed by atoms with van der Waals surface area (Å²) in [5.74, 6) is 1.64. The normalized spacial score (nSPS) is 11.1. The molecule has 150 valence electrons. The largest absolute Gasteiger partial charge is 0.491 e. The molecule has 2 N–H and O–H groups in total. The van der Waals surface area contributed by atoms with Gasteiger partial charge in [-0.3, -0.25) is 4.79 Å². The van der Waals surface area contributed by atoms with E-state index in [2.05, 4.69) is 15.6 Å². The summed E-state index contributed by atoms with van der Waals surface area (Å²) in [6, 6.07) is 15.5. The van der Waals surface area contributed by atoms with Crippen molar-refractivity contribution in [3.63, 3.8) is 0 Å². The minimum Gasteiger partial charge on any atom is -0.491 e. The van der Waals surface area contributed by atoms with E-state index >= 15 is 0 Å². The second-order valence-corrected chi connectivity index (χ2v) is 6.63. The molecule has 0 atom stereocenters. The lowest BCUT2D eigenvalue weighted by atomic mass is 10.1. The lowest BCUT2D eigenvalue weighted by Crippen LogP contribution is -2.39. The molecular formula is C22H30N4O2. The van der Waals surface area contributed by atoms with Crippen LogP contribution in [0.4, 0.5) is 0 Å². The zero-order chi connectivity index (χ0) is 20.4. The quantitative estimate of drug-likeness (QED) is 0.419. The Kier molecular flexibility index (Phi) is 8.34. The first-order valence-electron chi connectivity index (χ1n) is 9.52. The van der Waals surface area contributed by atoms with Crippen molar-refractivity contribution in [2.24, 2.45) is 4.99 Å². The molecule has 28 heavy (non-hydrogen) atoms. The molecule has 0 aliphatic carbocycles. The molecule has 0 aliphatic heterocycles. The first kappa shape index (κ1) is 21.3. The number of aryl methyl sites for hydroxylation is 1. The molecule has 2 aromatic carbocycles. The van der Waals surface area contributed by atoms with Gasteiger partial charge < -0.3 is 20.3 Å². The van der Waals surface area contributed by atoms with E-state index in [4.69, 9.17) is 4.74 Å². The predicted molar refractivity (Wildman–Crippen MR) is 114 cm³/mol. The number of rotatable bonds is 8. The molecule has 0 radical (unpaired) electrons. The average Bonchev–Trinajstić information content (AvgIpc) is 2.70. The second kappa shape index (κ2) is 11.0. The van der Waals surface area contributed by atoms with Gasteiger partial charge in [0.2, 0.25) is 0 Å². The summed E-state index contributed by atoms with van der Waals surface area (Å²) in [5.41, 5.74) is 2.85. The second-order valence-electron chi connectivity index (χ2n) is 6.63. The molecule has 2 rings (SSSR count). The van der Waals surface area contributed by atoms with Gasteiger partial charge in [0.25, 0.3) is 5.91 Å². The number of hydrogen-bond acceptors (Lipinski definition) is 3. The zero-order valence-corrected chi connectivity index (χ0v) is 17.2. The first-order chi connectivity index (χ1) is 13.5. The Bertz CT molecular complexity index is 785. The summed E-state index contributed by atoms with van der Waals surface area (Å²) in [6.07, 6.45) is 0. The Morgan fingerprint density at radius 3 is 2.43 bits per heavy atom. The number of aliphatic imine (C=N–C) groups is 1. The third-order valence-corrected chi connectivity index (χ3v) is 4.12. The van der Waals surface area contributed by atoms with Gasteiger partial charge in [0.1, 0.15) is 12.4 Å². The van der Waals surface area contributed by atoms with Crippen LogP contribution in [0.3, 0.4) is 0 Å². The number of carbonyl (C=O) groups excluding carboxylic acids is 1. The predicted octanol–water partition coefficient (Wildman–Crippen LogP) is 2.83. The Balaban J connectivity index is 1.86. The van der Waals surface area contributed by atoms with Crippen molar-refractivity contribution in [2.45, 2.75) is 20.4 Å². The highest BCUT2D eigenvalue weighted by Crippen LogP contribution is 2.15.